The van der Waals surface area contributed by atoms with E-state index in [0.717, 1.165) is 19.3 Å². The molecule has 0 aliphatic rings. The SMILES string of the molecule is CCCOC(=O)C(C)(CC(C)C)C(C)(C)CC. The molecule has 1 atom stereocenters. The lowest BCUT2D eigenvalue weighted by atomic mass is 9.62. The van der Waals surface area contributed by atoms with Crippen molar-refractivity contribution in [1.29, 1.82) is 0 Å². The van der Waals surface area contributed by atoms with Crippen LogP contribution in [0.3, 0.4) is 0 Å². The Morgan fingerprint density at radius 2 is 1.71 bits per heavy atom. The smallest absolute Gasteiger partial charge is 0.312 e. The third kappa shape index (κ3) is 4.01. The molecular formula is C15H30O2. The number of hydrogen-bond acceptors (Lipinski definition) is 2. The van der Waals surface area contributed by atoms with Gasteiger partial charge in [-0.3, -0.25) is 4.79 Å². The minimum Gasteiger partial charge on any atom is -0.465 e. The average molecular weight is 242 g/mol. The number of esters is 1. The molecule has 0 aromatic carbocycles. The zero-order valence-corrected chi connectivity index (χ0v) is 12.7. The minimum atomic E-state index is -0.384. The first-order valence-corrected chi connectivity index (χ1v) is 6.88. The van der Waals surface area contributed by atoms with Crippen LogP contribution in [0.5, 0.6) is 0 Å². The molecule has 0 saturated carbocycles. The van der Waals surface area contributed by atoms with E-state index in [9.17, 15) is 4.79 Å². The molecule has 0 aromatic rings. The van der Waals surface area contributed by atoms with E-state index in [2.05, 4.69) is 41.5 Å². The summed E-state index contributed by atoms with van der Waals surface area (Å²) in [5.74, 6) is 0.472. The summed E-state index contributed by atoms with van der Waals surface area (Å²) in [7, 11) is 0. The zero-order valence-electron chi connectivity index (χ0n) is 12.7. The maximum absolute atomic E-state index is 12.3. The molecule has 1 unspecified atom stereocenters. The molecule has 0 fully saturated rings. The van der Waals surface area contributed by atoms with Crippen molar-refractivity contribution in [2.24, 2.45) is 16.7 Å². The van der Waals surface area contributed by atoms with Crippen LogP contribution in [0, 0.1) is 16.7 Å². The van der Waals surface area contributed by atoms with Crippen LogP contribution in [0.1, 0.15) is 67.7 Å². The van der Waals surface area contributed by atoms with E-state index in [-0.39, 0.29) is 16.8 Å². The van der Waals surface area contributed by atoms with E-state index >= 15 is 0 Å². The molecule has 2 heteroatoms. The summed E-state index contributed by atoms with van der Waals surface area (Å²) in [5.41, 5.74) is -0.410. The maximum atomic E-state index is 12.3. The average Bonchev–Trinajstić information content (AvgIpc) is 2.24. The first-order chi connectivity index (χ1) is 7.71. The normalized spacial score (nSPS) is 15.8. The van der Waals surface area contributed by atoms with Crippen LogP contribution in [-0.4, -0.2) is 12.6 Å². The molecule has 0 radical (unpaired) electrons. The highest BCUT2D eigenvalue weighted by Crippen LogP contribution is 2.46. The van der Waals surface area contributed by atoms with Crippen LogP contribution in [0.15, 0.2) is 0 Å². The molecule has 0 aliphatic heterocycles. The van der Waals surface area contributed by atoms with Gasteiger partial charge in [-0.1, -0.05) is 41.5 Å². The first kappa shape index (κ1) is 16.5. The van der Waals surface area contributed by atoms with Crippen LogP contribution in [-0.2, 0) is 9.53 Å². The Bertz CT molecular complexity index is 243. The number of hydrogen-bond donors (Lipinski definition) is 0. The minimum absolute atomic E-state index is 0.0257. The van der Waals surface area contributed by atoms with Gasteiger partial charge in [-0.15, -0.1) is 0 Å². The summed E-state index contributed by atoms with van der Waals surface area (Å²) in [5, 5.41) is 0. The molecule has 0 spiro atoms. The van der Waals surface area contributed by atoms with Gasteiger partial charge in [0.2, 0.25) is 0 Å². The lowest BCUT2D eigenvalue weighted by molar-refractivity contribution is -0.164. The van der Waals surface area contributed by atoms with Crippen molar-refractivity contribution < 1.29 is 9.53 Å². The second kappa shape index (κ2) is 6.42. The molecule has 102 valence electrons. The molecular weight excluding hydrogens is 212 g/mol. The molecule has 0 aliphatic carbocycles. The van der Waals surface area contributed by atoms with Gasteiger partial charge in [0.15, 0.2) is 0 Å². The summed E-state index contributed by atoms with van der Waals surface area (Å²) in [6.45, 7) is 15.4. The van der Waals surface area contributed by atoms with Gasteiger partial charge >= 0.3 is 5.97 Å². The summed E-state index contributed by atoms with van der Waals surface area (Å²) in [6, 6.07) is 0. The number of carbonyl (C=O) groups excluding carboxylic acids is 1. The molecule has 0 aromatic heterocycles. The van der Waals surface area contributed by atoms with Gasteiger partial charge in [0, 0.05) is 0 Å². The number of ether oxygens (including phenoxy) is 1. The van der Waals surface area contributed by atoms with Crippen LogP contribution in [0.2, 0.25) is 0 Å². The Kier molecular flexibility index (Phi) is 6.22. The van der Waals surface area contributed by atoms with Crippen molar-refractivity contribution in [3.05, 3.63) is 0 Å². The van der Waals surface area contributed by atoms with Crippen LogP contribution in [0.25, 0.3) is 0 Å². The zero-order chi connectivity index (χ0) is 13.7. The third-order valence-corrected chi connectivity index (χ3v) is 4.08. The van der Waals surface area contributed by atoms with Gasteiger partial charge in [0.05, 0.1) is 12.0 Å². The largest absolute Gasteiger partial charge is 0.465 e. The highest BCUT2D eigenvalue weighted by Gasteiger charge is 2.47. The number of rotatable bonds is 7. The van der Waals surface area contributed by atoms with E-state index in [1.807, 2.05) is 6.92 Å². The molecule has 0 heterocycles. The second-order valence-corrected chi connectivity index (χ2v) is 6.30. The fourth-order valence-electron chi connectivity index (χ4n) is 2.20. The topological polar surface area (TPSA) is 26.3 Å². The quantitative estimate of drug-likeness (QED) is 0.617. The molecule has 2 nitrogen and oxygen atoms in total. The first-order valence-electron chi connectivity index (χ1n) is 6.88. The highest BCUT2D eigenvalue weighted by molar-refractivity contribution is 5.77. The van der Waals surface area contributed by atoms with E-state index in [1.54, 1.807) is 0 Å². The van der Waals surface area contributed by atoms with Crippen LogP contribution in [0.4, 0.5) is 0 Å². The van der Waals surface area contributed by atoms with Gasteiger partial charge in [0.1, 0.15) is 0 Å². The van der Waals surface area contributed by atoms with Crippen molar-refractivity contribution in [1.82, 2.24) is 0 Å². The molecule has 0 N–H and O–H groups in total. The van der Waals surface area contributed by atoms with E-state index in [0.29, 0.717) is 12.5 Å². The Balaban J connectivity index is 5.03. The fourth-order valence-corrected chi connectivity index (χ4v) is 2.20. The van der Waals surface area contributed by atoms with Gasteiger partial charge in [0.25, 0.3) is 0 Å². The van der Waals surface area contributed by atoms with Crippen molar-refractivity contribution in [3.63, 3.8) is 0 Å². The van der Waals surface area contributed by atoms with Gasteiger partial charge < -0.3 is 4.74 Å². The van der Waals surface area contributed by atoms with Gasteiger partial charge in [-0.05, 0) is 37.5 Å². The van der Waals surface area contributed by atoms with E-state index in [1.165, 1.54) is 0 Å². The van der Waals surface area contributed by atoms with Crippen molar-refractivity contribution >= 4 is 5.97 Å². The third-order valence-electron chi connectivity index (χ3n) is 4.08. The van der Waals surface area contributed by atoms with Crippen molar-refractivity contribution in [2.75, 3.05) is 6.61 Å². The Labute approximate surface area is 107 Å². The molecule has 0 rings (SSSR count). The Morgan fingerprint density at radius 3 is 2.06 bits per heavy atom. The predicted octanol–water partition coefficient (Wildman–Crippen LogP) is 4.43. The highest BCUT2D eigenvalue weighted by atomic mass is 16.5. The molecule has 0 amide bonds. The standard InChI is InChI=1S/C15H30O2/c1-8-10-17-13(16)15(7,11-12(3)4)14(5,6)9-2/h12H,8-11H2,1-7H3. The van der Waals surface area contributed by atoms with Crippen LogP contribution >= 0.6 is 0 Å². The van der Waals surface area contributed by atoms with Gasteiger partial charge in [-0.25, -0.2) is 0 Å². The fraction of sp³-hybridized carbons (Fsp3) is 0.933. The number of carbonyl (C=O) groups is 1. The Hall–Kier alpha value is -0.530. The van der Waals surface area contributed by atoms with Crippen LogP contribution < -0.4 is 0 Å². The summed E-state index contributed by atoms with van der Waals surface area (Å²) < 4.78 is 5.41. The predicted molar refractivity (Wildman–Crippen MR) is 72.9 cm³/mol. The summed E-state index contributed by atoms with van der Waals surface area (Å²) in [6.07, 6.45) is 2.75. The van der Waals surface area contributed by atoms with E-state index in [4.69, 9.17) is 4.74 Å². The van der Waals surface area contributed by atoms with Crippen molar-refractivity contribution in [2.45, 2.75) is 67.7 Å². The lowest BCUT2D eigenvalue weighted by Crippen LogP contribution is -2.44. The summed E-state index contributed by atoms with van der Waals surface area (Å²) in [4.78, 5) is 12.3. The maximum Gasteiger partial charge on any atom is 0.312 e. The monoisotopic (exact) mass is 242 g/mol. The van der Waals surface area contributed by atoms with E-state index < -0.39 is 0 Å². The lowest BCUT2D eigenvalue weighted by Gasteiger charge is -2.42. The Morgan fingerprint density at radius 1 is 1.18 bits per heavy atom. The second-order valence-electron chi connectivity index (χ2n) is 6.30. The van der Waals surface area contributed by atoms with Gasteiger partial charge in [-0.2, -0.15) is 0 Å². The molecule has 0 bridgehead atoms. The van der Waals surface area contributed by atoms with Crippen molar-refractivity contribution in [3.8, 4) is 0 Å². The summed E-state index contributed by atoms with van der Waals surface area (Å²) >= 11 is 0. The molecule has 0 saturated heterocycles. The molecule has 17 heavy (non-hydrogen) atoms.